The van der Waals surface area contributed by atoms with Crippen LogP contribution >= 0.6 is 15.9 Å². The van der Waals surface area contributed by atoms with Crippen molar-refractivity contribution in [3.63, 3.8) is 0 Å². The molecule has 0 aliphatic heterocycles. The van der Waals surface area contributed by atoms with E-state index in [0.717, 1.165) is 12.8 Å². The molecule has 1 aromatic heterocycles. The van der Waals surface area contributed by atoms with Gasteiger partial charge in [0, 0.05) is 24.3 Å². The molecular formula is C13H18BrN3O3. The summed E-state index contributed by atoms with van der Waals surface area (Å²) in [5, 5.41) is 15.3. The predicted octanol–water partition coefficient (Wildman–Crippen LogP) is 1.57. The third kappa shape index (κ3) is 3.61. The molecule has 0 unspecified atom stereocenters. The van der Waals surface area contributed by atoms with Crippen molar-refractivity contribution < 1.29 is 9.90 Å². The number of anilines is 1. The summed E-state index contributed by atoms with van der Waals surface area (Å²) in [6, 6.07) is 1.06. The molecule has 1 aliphatic carbocycles. The minimum atomic E-state index is -0.806. The molecule has 7 heteroatoms. The number of carbonyl (C=O) groups is 1. The molecule has 6 nitrogen and oxygen atoms in total. The van der Waals surface area contributed by atoms with Gasteiger partial charge in [0.25, 0.3) is 5.56 Å². The van der Waals surface area contributed by atoms with E-state index in [0.29, 0.717) is 17.3 Å². The molecule has 0 aromatic carbocycles. The molecule has 2 amide bonds. The fraction of sp³-hybridized carbons (Fsp3) is 0.538. The molecule has 0 saturated heterocycles. The summed E-state index contributed by atoms with van der Waals surface area (Å²) < 4.78 is 2.08. The first-order valence-corrected chi connectivity index (χ1v) is 7.32. The molecule has 3 N–H and O–H groups in total. The molecule has 1 heterocycles. The Morgan fingerprint density at radius 2 is 2.15 bits per heavy atom. The van der Waals surface area contributed by atoms with Crippen LogP contribution in [-0.2, 0) is 7.05 Å². The number of nitrogens with one attached hydrogen (secondary N) is 2. The maximum absolute atomic E-state index is 11.8. The number of hydrogen-bond acceptors (Lipinski definition) is 3. The summed E-state index contributed by atoms with van der Waals surface area (Å²) >= 11 is 3.27. The maximum atomic E-state index is 11.8. The van der Waals surface area contributed by atoms with Crippen LogP contribution in [0, 0.1) is 0 Å². The second-order valence-corrected chi connectivity index (χ2v) is 6.14. The Balaban J connectivity index is 1.96. The summed E-state index contributed by atoms with van der Waals surface area (Å²) in [6.45, 7) is 0.202. The second-order valence-electron chi connectivity index (χ2n) is 5.23. The summed E-state index contributed by atoms with van der Waals surface area (Å²) in [7, 11) is 1.61. The van der Waals surface area contributed by atoms with Crippen molar-refractivity contribution in [1.82, 2.24) is 9.88 Å². The van der Waals surface area contributed by atoms with E-state index in [1.165, 1.54) is 4.57 Å². The van der Waals surface area contributed by atoms with Gasteiger partial charge in [0.2, 0.25) is 0 Å². The van der Waals surface area contributed by atoms with Crippen LogP contribution in [0.25, 0.3) is 0 Å². The third-order valence-corrected chi connectivity index (χ3v) is 3.94. The molecule has 0 atom stereocenters. The minimum absolute atomic E-state index is 0.192. The smallest absolute Gasteiger partial charge is 0.319 e. The van der Waals surface area contributed by atoms with Crippen LogP contribution in [0.4, 0.5) is 10.5 Å². The molecule has 1 fully saturated rings. The maximum Gasteiger partial charge on any atom is 0.319 e. The Hall–Kier alpha value is -1.34. The van der Waals surface area contributed by atoms with Gasteiger partial charge in [0.05, 0.1) is 5.60 Å². The van der Waals surface area contributed by atoms with Crippen LogP contribution in [0.2, 0.25) is 0 Å². The van der Waals surface area contributed by atoms with Crippen molar-refractivity contribution in [2.75, 3.05) is 11.9 Å². The zero-order chi connectivity index (χ0) is 14.8. The highest BCUT2D eigenvalue weighted by Crippen LogP contribution is 2.28. The van der Waals surface area contributed by atoms with Crippen LogP contribution in [0.15, 0.2) is 21.5 Å². The molecule has 1 aromatic rings. The van der Waals surface area contributed by atoms with Gasteiger partial charge in [-0.25, -0.2) is 4.79 Å². The number of aliphatic hydroxyl groups is 1. The van der Waals surface area contributed by atoms with Crippen molar-refractivity contribution >= 4 is 27.6 Å². The highest BCUT2D eigenvalue weighted by Gasteiger charge is 2.31. The normalized spacial score (nSPS) is 16.9. The van der Waals surface area contributed by atoms with E-state index in [1.54, 1.807) is 19.3 Å². The van der Waals surface area contributed by atoms with Crippen LogP contribution in [0.5, 0.6) is 0 Å². The molecule has 20 heavy (non-hydrogen) atoms. The quantitative estimate of drug-likeness (QED) is 0.778. The van der Waals surface area contributed by atoms with E-state index in [1.807, 2.05) is 0 Å². The lowest BCUT2D eigenvalue weighted by Gasteiger charge is -2.22. The standard InChI is InChI=1S/C13H18BrN3O3/c1-17-7-9(14)6-10(11(17)18)16-12(19)15-8-13(20)4-2-3-5-13/h6-7,20H,2-5,8H2,1H3,(H2,15,16,19). The summed E-state index contributed by atoms with van der Waals surface area (Å²) in [4.78, 5) is 23.6. The number of hydrogen-bond donors (Lipinski definition) is 3. The van der Waals surface area contributed by atoms with Gasteiger partial charge < -0.3 is 20.3 Å². The van der Waals surface area contributed by atoms with Gasteiger partial charge >= 0.3 is 6.03 Å². The van der Waals surface area contributed by atoms with Crippen molar-refractivity contribution in [3.05, 3.63) is 27.1 Å². The predicted molar refractivity (Wildman–Crippen MR) is 79.8 cm³/mol. The second kappa shape index (κ2) is 5.97. The van der Waals surface area contributed by atoms with E-state index >= 15 is 0 Å². The summed E-state index contributed by atoms with van der Waals surface area (Å²) in [5.41, 5.74) is -0.903. The van der Waals surface area contributed by atoms with Crippen molar-refractivity contribution in [2.45, 2.75) is 31.3 Å². The fourth-order valence-corrected chi connectivity index (χ4v) is 2.92. The number of halogens is 1. The number of nitrogens with zero attached hydrogens (tertiary/aromatic N) is 1. The average Bonchev–Trinajstić information content (AvgIpc) is 2.81. The van der Waals surface area contributed by atoms with Gasteiger partial charge in [-0.3, -0.25) is 4.79 Å². The number of aromatic nitrogens is 1. The van der Waals surface area contributed by atoms with Crippen LogP contribution in [-0.4, -0.2) is 27.9 Å². The Bertz CT molecular complexity index is 564. The molecule has 110 valence electrons. The van der Waals surface area contributed by atoms with Crippen LogP contribution in [0.1, 0.15) is 25.7 Å². The monoisotopic (exact) mass is 343 g/mol. The van der Waals surface area contributed by atoms with Crippen molar-refractivity contribution in [1.29, 1.82) is 0 Å². The first-order valence-electron chi connectivity index (χ1n) is 6.53. The molecule has 0 spiro atoms. The van der Waals surface area contributed by atoms with E-state index < -0.39 is 11.6 Å². The van der Waals surface area contributed by atoms with Gasteiger partial charge in [-0.2, -0.15) is 0 Å². The Morgan fingerprint density at radius 3 is 2.80 bits per heavy atom. The Kier molecular flexibility index (Phi) is 4.49. The first-order chi connectivity index (χ1) is 9.39. The summed E-state index contributed by atoms with van der Waals surface area (Å²) in [6.07, 6.45) is 4.97. The topological polar surface area (TPSA) is 83.4 Å². The zero-order valence-corrected chi connectivity index (χ0v) is 12.9. The van der Waals surface area contributed by atoms with Gasteiger partial charge in [0.15, 0.2) is 0 Å². The first kappa shape index (κ1) is 15.1. The van der Waals surface area contributed by atoms with Crippen molar-refractivity contribution in [2.24, 2.45) is 7.05 Å². The van der Waals surface area contributed by atoms with Gasteiger partial charge in [-0.15, -0.1) is 0 Å². The fourth-order valence-electron chi connectivity index (χ4n) is 2.38. The van der Waals surface area contributed by atoms with Crippen molar-refractivity contribution in [3.8, 4) is 0 Å². The largest absolute Gasteiger partial charge is 0.388 e. The van der Waals surface area contributed by atoms with Crippen LogP contribution in [0.3, 0.4) is 0 Å². The molecule has 0 radical (unpaired) electrons. The number of carbonyl (C=O) groups excluding carboxylic acids is 1. The molecular weight excluding hydrogens is 326 g/mol. The van der Waals surface area contributed by atoms with E-state index in [9.17, 15) is 14.7 Å². The van der Waals surface area contributed by atoms with E-state index in [-0.39, 0.29) is 17.8 Å². The average molecular weight is 344 g/mol. The van der Waals surface area contributed by atoms with Gasteiger partial charge in [-0.1, -0.05) is 12.8 Å². The number of amides is 2. The molecule has 2 rings (SSSR count). The number of aryl methyl sites for hydroxylation is 1. The lowest BCUT2D eigenvalue weighted by Crippen LogP contribution is -2.43. The van der Waals surface area contributed by atoms with Gasteiger partial charge in [-0.05, 0) is 34.8 Å². The lowest BCUT2D eigenvalue weighted by molar-refractivity contribution is 0.0506. The molecule has 0 bridgehead atoms. The number of urea groups is 1. The highest BCUT2D eigenvalue weighted by molar-refractivity contribution is 9.10. The summed E-state index contributed by atoms with van der Waals surface area (Å²) in [5.74, 6) is 0. The van der Waals surface area contributed by atoms with Gasteiger partial charge in [0.1, 0.15) is 5.69 Å². The highest BCUT2D eigenvalue weighted by atomic mass is 79.9. The molecule has 1 aliphatic rings. The van der Waals surface area contributed by atoms with E-state index in [2.05, 4.69) is 26.6 Å². The Labute approximate surface area is 125 Å². The van der Waals surface area contributed by atoms with Crippen LogP contribution < -0.4 is 16.2 Å². The molecule has 1 saturated carbocycles. The minimum Gasteiger partial charge on any atom is -0.388 e. The van der Waals surface area contributed by atoms with E-state index in [4.69, 9.17) is 0 Å². The number of pyridine rings is 1. The number of rotatable bonds is 3. The Morgan fingerprint density at radius 1 is 1.50 bits per heavy atom. The third-order valence-electron chi connectivity index (χ3n) is 3.51. The zero-order valence-electron chi connectivity index (χ0n) is 11.3. The lowest BCUT2D eigenvalue weighted by atomic mass is 10.0. The SMILES string of the molecule is Cn1cc(Br)cc(NC(=O)NCC2(O)CCCC2)c1=O.